The Labute approximate surface area is 208 Å². The number of anilines is 2. The molecule has 1 fully saturated rings. The van der Waals surface area contributed by atoms with Crippen LogP contribution in [0.1, 0.15) is 40.0 Å². The molecule has 0 radical (unpaired) electrons. The fraction of sp³-hybridized carbons (Fsp3) is 0.400. The van der Waals surface area contributed by atoms with Gasteiger partial charge < -0.3 is 19.5 Å². The highest BCUT2D eigenvalue weighted by Gasteiger charge is 2.32. The lowest BCUT2D eigenvalue weighted by atomic mass is 10.1. The number of carbonyl (C=O) groups excluding carboxylic acids is 1. The van der Waals surface area contributed by atoms with Crippen LogP contribution < -0.4 is 14.8 Å². The minimum absolute atomic E-state index is 0.00131. The minimum Gasteiger partial charge on any atom is -0.493 e. The molecule has 1 atom stereocenters. The standard InChI is InChI=1S/C25H28ClFN4O4/c1-25(2,3)35-24(32)31-11-6-5-10-21(31)34-20-12-15-18(13-19(20)33-4)28-14-29-23(15)30-17-9-7-8-16(26)22(17)27/h7-9,12-14,21H,5-6,10-11H2,1-4H3,(H,28,29,30). The molecule has 1 aliphatic rings. The van der Waals surface area contributed by atoms with Crippen molar-refractivity contribution in [1.29, 1.82) is 0 Å². The van der Waals surface area contributed by atoms with E-state index in [0.717, 1.165) is 12.8 Å². The van der Waals surface area contributed by atoms with Crippen molar-refractivity contribution in [3.8, 4) is 11.5 Å². The summed E-state index contributed by atoms with van der Waals surface area (Å²) in [7, 11) is 1.53. The number of hydrogen-bond donors (Lipinski definition) is 1. The number of amides is 1. The van der Waals surface area contributed by atoms with E-state index < -0.39 is 23.7 Å². The summed E-state index contributed by atoms with van der Waals surface area (Å²) in [6.07, 6.45) is 2.83. The van der Waals surface area contributed by atoms with Gasteiger partial charge in [0.2, 0.25) is 0 Å². The highest BCUT2D eigenvalue weighted by molar-refractivity contribution is 6.31. The molecule has 2 aromatic carbocycles. The van der Waals surface area contributed by atoms with Gasteiger partial charge in [-0.05, 0) is 51.8 Å². The van der Waals surface area contributed by atoms with E-state index in [1.807, 2.05) is 20.8 Å². The molecule has 8 nitrogen and oxygen atoms in total. The van der Waals surface area contributed by atoms with Crippen LogP contribution in [0.15, 0.2) is 36.7 Å². The van der Waals surface area contributed by atoms with Crippen molar-refractivity contribution in [3.05, 3.63) is 47.5 Å². The third-order valence-electron chi connectivity index (χ3n) is 5.46. The zero-order valence-electron chi connectivity index (χ0n) is 20.1. The van der Waals surface area contributed by atoms with Gasteiger partial charge in [0, 0.05) is 24.4 Å². The summed E-state index contributed by atoms with van der Waals surface area (Å²) in [4.78, 5) is 23.0. The maximum absolute atomic E-state index is 14.5. The van der Waals surface area contributed by atoms with Crippen LogP contribution >= 0.6 is 11.6 Å². The van der Waals surface area contributed by atoms with Crippen molar-refractivity contribution in [3.63, 3.8) is 0 Å². The Balaban J connectivity index is 1.68. The number of methoxy groups -OCH3 is 1. The second-order valence-electron chi connectivity index (χ2n) is 9.21. The van der Waals surface area contributed by atoms with E-state index in [1.54, 1.807) is 29.2 Å². The lowest BCUT2D eigenvalue weighted by Gasteiger charge is -2.36. The number of nitrogens with one attached hydrogen (secondary N) is 1. The third-order valence-corrected chi connectivity index (χ3v) is 5.76. The number of aromatic nitrogens is 2. The van der Waals surface area contributed by atoms with Gasteiger partial charge in [-0.15, -0.1) is 0 Å². The molecule has 10 heteroatoms. The highest BCUT2D eigenvalue weighted by atomic mass is 35.5. The Morgan fingerprint density at radius 2 is 2.00 bits per heavy atom. The van der Waals surface area contributed by atoms with Gasteiger partial charge in [-0.1, -0.05) is 17.7 Å². The number of likely N-dealkylation sites (tertiary alicyclic amines) is 1. The zero-order valence-corrected chi connectivity index (χ0v) is 20.9. The first kappa shape index (κ1) is 24.8. The lowest BCUT2D eigenvalue weighted by molar-refractivity contribution is -0.0348. The number of piperidine rings is 1. The van der Waals surface area contributed by atoms with Crippen LogP contribution in [0.2, 0.25) is 5.02 Å². The Bertz CT molecular complexity index is 1230. The number of fused-ring (bicyclic) bond motifs is 1. The van der Waals surface area contributed by atoms with E-state index in [0.29, 0.717) is 41.2 Å². The Hall–Kier alpha value is -3.33. The number of benzene rings is 2. The van der Waals surface area contributed by atoms with Crippen molar-refractivity contribution in [2.45, 2.75) is 51.9 Å². The van der Waals surface area contributed by atoms with Crippen molar-refractivity contribution >= 4 is 40.1 Å². The molecule has 0 aliphatic carbocycles. The quantitative estimate of drug-likeness (QED) is 0.438. The third kappa shape index (κ3) is 5.67. The molecular weight excluding hydrogens is 475 g/mol. The molecule has 1 amide bonds. The number of ether oxygens (including phenoxy) is 3. The predicted octanol–water partition coefficient (Wildman–Crippen LogP) is 6.30. The lowest BCUT2D eigenvalue weighted by Crippen LogP contribution is -2.48. The molecule has 1 unspecified atom stereocenters. The molecule has 186 valence electrons. The van der Waals surface area contributed by atoms with Crippen LogP contribution in [0.5, 0.6) is 11.5 Å². The van der Waals surface area contributed by atoms with Crippen molar-refractivity contribution in [2.75, 3.05) is 19.0 Å². The van der Waals surface area contributed by atoms with Crippen molar-refractivity contribution in [1.82, 2.24) is 14.9 Å². The number of nitrogens with zero attached hydrogens (tertiary/aromatic N) is 3. The number of halogens is 2. The summed E-state index contributed by atoms with van der Waals surface area (Å²) in [6, 6.07) is 8.12. The molecule has 2 heterocycles. The highest BCUT2D eigenvalue weighted by Crippen LogP contribution is 2.37. The summed E-state index contributed by atoms with van der Waals surface area (Å²) in [5, 5.41) is 3.57. The number of carbonyl (C=O) groups is 1. The molecule has 1 aliphatic heterocycles. The normalized spacial score (nSPS) is 16.2. The van der Waals surface area contributed by atoms with E-state index in [1.165, 1.54) is 19.5 Å². The smallest absolute Gasteiger partial charge is 0.413 e. The van der Waals surface area contributed by atoms with E-state index in [9.17, 15) is 9.18 Å². The van der Waals surface area contributed by atoms with E-state index >= 15 is 0 Å². The Kier molecular flexibility index (Phi) is 7.16. The van der Waals surface area contributed by atoms with E-state index in [4.69, 9.17) is 25.8 Å². The van der Waals surface area contributed by atoms with Crippen LogP contribution in [0.4, 0.5) is 20.7 Å². The SMILES string of the molecule is COc1cc2ncnc(Nc3cccc(Cl)c3F)c2cc1OC1CCCCN1C(=O)OC(C)(C)C. The molecule has 0 spiro atoms. The molecule has 1 N–H and O–H groups in total. The van der Waals surface area contributed by atoms with Crippen LogP contribution in [0.3, 0.4) is 0 Å². The summed E-state index contributed by atoms with van der Waals surface area (Å²) in [5.41, 5.74) is 0.133. The maximum atomic E-state index is 14.5. The monoisotopic (exact) mass is 502 g/mol. The van der Waals surface area contributed by atoms with Gasteiger partial charge in [-0.2, -0.15) is 0 Å². The van der Waals surface area contributed by atoms with Crippen LogP contribution in [0, 0.1) is 5.82 Å². The van der Waals surface area contributed by atoms with Gasteiger partial charge in [0.05, 0.1) is 23.3 Å². The summed E-state index contributed by atoms with van der Waals surface area (Å²) < 4.78 is 31.9. The number of rotatable bonds is 5. The Morgan fingerprint density at radius 1 is 1.20 bits per heavy atom. The second-order valence-corrected chi connectivity index (χ2v) is 9.62. The molecule has 1 saturated heterocycles. The molecular formula is C25H28ClFN4O4. The maximum Gasteiger partial charge on any atom is 0.413 e. The summed E-state index contributed by atoms with van der Waals surface area (Å²) in [5.74, 6) is 0.646. The number of hydrogen-bond acceptors (Lipinski definition) is 7. The summed E-state index contributed by atoms with van der Waals surface area (Å²) in [6.45, 7) is 6.01. The van der Waals surface area contributed by atoms with Crippen LogP contribution in [0.25, 0.3) is 10.9 Å². The minimum atomic E-state index is -0.618. The van der Waals surface area contributed by atoms with Crippen LogP contribution in [-0.4, -0.2) is 46.4 Å². The predicted molar refractivity (Wildman–Crippen MR) is 132 cm³/mol. The van der Waals surface area contributed by atoms with Gasteiger partial charge in [-0.25, -0.2) is 19.2 Å². The van der Waals surface area contributed by atoms with E-state index in [2.05, 4.69) is 15.3 Å². The fourth-order valence-electron chi connectivity index (χ4n) is 3.84. The first-order valence-electron chi connectivity index (χ1n) is 11.4. The molecule has 3 aromatic rings. The first-order chi connectivity index (χ1) is 16.7. The average Bonchev–Trinajstić information content (AvgIpc) is 2.81. The van der Waals surface area contributed by atoms with Gasteiger partial charge in [0.15, 0.2) is 23.5 Å². The Morgan fingerprint density at radius 3 is 2.74 bits per heavy atom. The van der Waals surface area contributed by atoms with Crippen molar-refractivity contribution in [2.24, 2.45) is 0 Å². The zero-order chi connectivity index (χ0) is 25.2. The largest absolute Gasteiger partial charge is 0.493 e. The molecule has 4 rings (SSSR count). The first-order valence-corrected chi connectivity index (χ1v) is 11.7. The molecule has 1 aromatic heterocycles. The molecule has 35 heavy (non-hydrogen) atoms. The fourth-order valence-corrected chi connectivity index (χ4v) is 4.02. The summed E-state index contributed by atoms with van der Waals surface area (Å²) >= 11 is 5.92. The van der Waals surface area contributed by atoms with Gasteiger partial charge >= 0.3 is 6.09 Å². The topological polar surface area (TPSA) is 85.8 Å². The van der Waals surface area contributed by atoms with Gasteiger partial charge in [0.25, 0.3) is 0 Å². The van der Waals surface area contributed by atoms with Gasteiger partial charge in [-0.3, -0.25) is 4.90 Å². The molecule has 0 bridgehead atoms. The van der Waals surface area contributed by atoms with Crippen molar-refractivity contribution < 1.29 is 23.4 Å². The average molecular weight is 503 g/mol. The van der Waals surface area contributed by atoms with Crippen LogP contribution in [-0.2, 0) is 4.74 Å². The second kappa shape index (κ2) is 10.1. The van der Waals surface area contributed by atoms with Gasteiger partial charge in [0.1, 0.15) is 17.7 Å². The van der Waals surface area contributed by atoms with E-state index in [-0.39, 0.29) is 10.7 Å². The molecule has 0 saturated carbocycles.